The molecule has 0 fully saturated rings. The molecule has 0 aliphatic rings. The number of ether oxygens (including phenoxy) is 1. The molecule has 0 amide bonds. The lowest BCUT2D eigenvalue weighted by Gasteiger charge is -2.06. The number of hydrogen-bond donors (Lipinski definition) is 0. The summed E-state index contributed by atoms with van der Waals surface area (Å²) in [5.74, 6) is -0.682. The third-order valence-electron chi connectivity index (χ3n) is 1.43. The molecule has 3 nitrogen and oxygen atoms in total. The maximum Gasteiger partial charge on any atom is 0.128 e. The molecule has 0 spiro atoms. The summed E-state index contributed by atoms with van der Waals surface area (Å²) >= 11 is 3.30. The summed E-state index contributed by atoms with van der Waals surface area (Å²) in [6, 6.07) is 7.16. The first-order valence-electron chi connectivity index (χ1n) is 3.70. The predicted octanol–water partition coefficient (Wildman–Crippen LogP) is 0.710. The second-order valence-electron chi connectivity index (χ2n) is 2.44. The van der Waals surface area contributed by atoms with Gasteiger partial charge >= 0.3 is 0 Å². The van der Waals surface area contributed by atoms with E-state index in [2.05, 4.69) is 15.9 Å². The minimum Gasteiger partial charge on any atom is -0.546 e. The molecule has 0 atom stereocenters. The van der Waals surface area contributed by atoms with Crippen LogP contribution in [0.4, 0.5) is 0 Å². The molecule has 0 radical (unpaired) electrons. The van der Waals surface area contributed by atoms with Crippen molar-refractivity contribution in [3.05, 3.63) is 29.8 Å². The SMILES string of the molecule is O=C([O-])COc1ccc(CBr)cc1. The van der Waals surface area contributed by atoms with Crippen LogP contribution in [0.1, 0.15) is 5.56 Å². The van der Waals surface area contributed by atoms with Crippen molar-refractivity contribution in [2.75, 3.05) is 6.61 Å². The van der Waals surface area contributed by atoms with Crippen molar-refractivity contribution in [3.63, 3.8) is 0 Å². The summed E-state index contributed by atoms with van der Waals surface area (Å²) in [7, 11) is 0. The zero-order valence-corrected chi connectivity index (χ0v) is 8.41. The van der Waals surface area contributed by atoms with E-state index >= 15 is 0 Å². The summed E-state index contributed by atoms with van der Waals surface area (Å²) in [5.41, 5.74) is 1.11. The number of carboxylic acid groups (broad SMARTS) is 1. The molecule has 0 bridgehead atoms. The van der Waals surface area contributed by atoms with Gasteiger partial charge in [0.15, 0.2) is 0 Å². The van der Waals surface area contributed by atoms with Crippen LogP contribution in [0.2, 0.25) is 0 Å². The van der Waals surface area contributed by atoms with Crippen molar-refractivity contribution in [2.45, 2.75) is 5.33 Å². The maximum absolute atomic E-state index is 10.1. The van der Waals surface area contributed by atoms with Gasteiger partial charge < -0.3 is 14.6 Å². The van der Waals surface area contributed by atoms with Crippen LogP contribution in [0, 0.1) is 0 Å². The van der Waals surface area contributed by atoms with Crippen molar-refractivity contribution < 1.29 is 14.6 Å². The molecule has 1 aromatic rings. The van der Waals surface area contributed by atoms with Gasteiger partial charge in [-0.2, -0.15) is 0 Å². The molecule has 13 heavy (non-hydrogen) atoms. The number of benzene rings is 1. The van der Waals surface area contributed by atoms with Gasteiger partial charge in [0.2, 0.25) is 0 Å². The van der Waals surface area contributed by atoms with Crippen LogP contribution in [0.25, 0.3) is 0 Å². The van der Waals surface area contributed by atoms with E-state index in [-0.39, 0.29) is 0 Å². The Hall–Kier alpha value is -1.03. The summed E-state index contributed by atoms with van der Waals surface area (Å²) in [6.45, 7) is -0.409. The normalized spacial score (nSPS) is 9.62. The predicted molar refractivity (Wildman–Crippen MR) is 49.6 cm³/mol. The van der Waals surface area contributed by atoms with Gasteiger partial charge in [-0.05, 0) is 17.7 Å². The number of alkyl halides is 1. The molecule has 0 N–H and O–H groups in total. The molecular weight excluding hydrogens is 236 g/mol. The summed E-state index contributed by atoms with van der Waals surface area (Å²) in [5, 5.41) is 10.8. The van der Waals surface area contributed by atoms with E-state index < -0.39 is 12.6 Å². The molecule has 0 unspecified atom stereocenters. The third kappa shape index (κ3) is 3.46. The van der Waals surface area contributed by atoms with Gasteiger partial charge in [-0.25, -0.2) is 0 Å². The highest BCUT2D eigenvalue weighted by atomic mass is 79.9. The Kier molecular flexibility index (Phi) is 3.76. The molecule has 1 aromatic carbocycles. The smallest absolute Gasteiger partial charge is 0.128 e. The van der Waals surface area contributed by atoms with Crippen molar-refractivity contribution in [2.24, 2.45) is 0 Å². The second-order valence-corrected chi connectivity index (χ2v) is 3.00. The number of carboxylic acids is 1. The van der Waals surface area contributed by atoms with E-state index in [1.165, 1.54) is 0 Å². The van der Waals surface area contributed by atoms with Gasteiger partial charge in [0, 0.05) is 5.33 Å². The zero-order valence-electron chi connectivity index (χ0n) is 6.83. The molecule has 70 valence electrons. The van der Waals surface area contributed by atoms with Gasteiger partial charge in [-0.3, -0.25) is 0 Å². The van der Waals surface area contributed by atoms with Gasteiger partial charge in [0.1, 0.15) is 12.4 Å². The number of carbonyl (C=O) groups is 1. The lowest BCUT2D eigenvalue weighted by atomic mass is 10.2. The molecule has 0 aliphatic carbocycles. The Morgan fingerprint density at radius 2 is 2.00 bits per heavy atom. The van der Waals surface area contributed by atoms with Crippen molar-refractivity contribution in [1.82, 2.24) is 0 Å². The van der Waals surface area contributed by atoms with Gasteiger partial charge in [-0.15, -0.1) is 0 Å². The van der Waals surface area contributed by atoms with Crippen LogP contribution < -0.4 is 9.84 Å². The Morgan fingerprint density at radius 3 is 2.46 bits per heavy atom. The van der Waals surface area contributed by atoms with Crippen LogP contribution in [0.5, 0.6) is 5.75 Å². The van der Waals surface area contributed by atoms with Gasteiger partial charge in [0.05, 0.1) is 5.97 Å². The molecule has 0 aliphatic heterocycles. The summed E-state index contributed by atoms with van der Waals surface area (Å²) < 4.78 is 4.89. The van der Waals surface area contributed by atoms with E-state index in [1.807, 2.05) is 12.1 Å². The fourth-order valence-corrected chi connectivity index (χ4v) is 1.19. The zero-order chi connectivity index (χ0) is 9.68. The van der Waals surface area contributed by atoms with Crippen molar-refractivity contribution in [3.8, 4) is 5.75 Å². The second kappa shape index (κ2) is 4.87. The van der Waals surface area contributed by atoms with Gasteiger partial charge in [-0.1, -0.05) is 28.1 Å². The average Bonchev–Trinajstić information content (AvgIpc) is 2.15. The molecule has 4 heteroatoms. The molecule has 0 heterocycles. The van der Waals surface area contributed by atoms with Crippen LogP contribution in [0.15, 0.2) is 24.3 Å². The minimum atomic E-state index is -1.22. The quantitative estimate of drug-likeness (QED) is 0.733. The third-order valence-corrected chi connectivity index (χ3v) is 2.08. The van der Waals surface area contributed by atoms with Gasteiger partial charge in [0.25, 0.3) is 0 Å². The maximum atomic E-state index is 10.1. The first kappa shape index (κ1) is 10.1. The van der Waals surface area contributed by atoms with Crippen LogP contribution in [-0.4, -0.2) is 12.6 Å². The van der Waals surface area contributed by atoms with Crippen LogP contribution >= 0.6 is 15.9 Å². The largest absolute Gasteiger partial charge is 0.546 e. The Bertz CT molecular complexity index is 281. The Labute approximate surface area is 84.5 Å². The Balaban J connectivity index is 2.54. The molecule has 1 rings (SSSR count). The number of rotatable bonds is 4. The lowest BCUT2D eigenvalue weighted by molar-refractivity contribution is -0.307. The topological polar surface area (TPSA) is 49.4 Å². The molecular formula is C9H8BrO3-. The first-order valence-corrected chi connectivity index (χ1v) is 4.82. The van der Waals surface area contributed by atoms with Crippen LogP contribution in [-0.2, 0) is 10.1 Å². The summed E-state index contributed by atoms with van der Waals surface area (Å²) in [4.78, 5) is 10.1. The fraction of sp³-hybridized carbons (Fsp3) is 0.222. The van der Waals surface area contributed by atoms with Crippen LogP contribution in [0.3, 0.4) is 0 Å². The number of halogens is 1. The Morgan fingerprint density at radius 1 is 1.38 bits per heavy atom. The van der Waals surface area contributed by atoms with Crippen molar-refractivity contribution >= 4 is 21.9 Å². The van der Waals surface area contributed by atoms with E-state index in [0.29, 0.717) is 5.75 Å². The number of carbonyl (C=O) groups excluding carboxylic acids is 1. The average molecular weight is 244 g/mol. The molecule has 0 saturated heterocycles. The first-order chi connectivity index (χ1) is 6.22. The van der Waals surface area contributed by atoms with E-state index in [1.54, 1.807) is 12.1 Å². The van der Waals surface area contributed by atoms with Crippen molar-refractivity contribution in [1.29, 1.82) is 0 Å². The standard InChI is InChI=1S/C9H9BrO3/c10-5-7-1-3-8(4-2-7)13-6-9(11)12/h1-4H,5-6H2,(H,11,12)/p-1. The van der Waals surface area contributed by atoms with E-state index in [4.69, 9.17) is 4.74 Å². The monoisotopic (exact) mass is 243 g/mol. The highest BCUT2D eigenvalue weighted by Crippen LogP contribution is 2.13. The number of hydrogen-bond acceptors (Lipinski definition) is 3. The molecule has 0 aromatic heterocycles. The van der Waals surface area contributed by atoms with E-state index in [0.717, 1.165) is 10.9 Å². The fourth-order valence-electron chi connectivity index (χ4n) is 0.817. The summed E-state index contributed by atoms with van der Waals surface area (Å²) in [6.07, 6.45) is 0. The minimum absolute atomic E-state index is 0.409. The lowest BCUT2D eigenvalue weighted by Crippen LogP contribution is -2.28. The van der Waals surface area contributed by atoms with E-state index in [9.17, 15) is 9.90 Å². The highest BCUT2D eigenvalue weighted by Gasteiger charge is 1.93. The number of aliphatic carboxylic acids is 1. The highest BCUT2D eigenvalue weighted by molar-refractivity contribution is 9.08. The molecule has 0 saturated carbocycles.